The van der Waals surface area contributed by atoms with Crippen molar-refractivity contribution in [2.45, 2.75) is 81.2 Å². The molecular formula is C27H29F6N3O3. The third-order valence-electron chi connectivity index (χ3n) is 7.62. The van der Waals surface area contributed by atoms with E-state index in [1.807, 2.05) is 0 Å². The highest BCUT2D eigenvalue weighted by Crippen LogP contribution is 2.45. The highest BCUT2D eigenvalue weighted by molar-refractivity contribution is 5.82. The molecule has 12 heteroatoms. The number of benzene rings is 2. The number of aliphatic hydroxyl groups is 2. The Kier molecular flexibility index (Phi) is 6.67. The maximum absolute atomic E-state index is 14.1. The Hall–Kier alpha value is -2.83. The topological polar surface area (TPSA) is 79.5 Å². The monoisotopic (exact) mass is 557 g/mol. The molecule has 1 saturated heterocycles. The number of aromatic nitrogens is 2. The lowest BCUT2D eigenvalue weighted by atomic mass is 9.77. The Morgan fingerprint density at radius 2 is 1.74 bits per heavy atom. The van der Waals surface area contributed by atoms with Crippen LogP contribution in [0.2, 0.25) is 0 Å². The summed E-state index contributed by atoms with van der Waals surface area (Å²) < 4.78 is 89.1. The van der Waals surface area contributed by atoms with E-state index in [1.54, 1.807) is 13.8 Å². The standard InChI is InChI=1S/C27H29F6N3O3/c1-15-9-25(38,16-4-3-5-17(6-16)26(28,29)30)10-18(35-15)13-39-20-7-21(27(31,32)33)23-22(8-20)34-14-36(23)19-11-24(2,37)12-19/h3-8,14-15,18-19,35,37-38H,9-13H2,1-2H3/t15-,18-,19?,24?,25-/m0/s1. The van der Waals surface area contributed by atoms with Crippen LogP contribution < -0.4 is 10.1 Å². The number of hydrogen-bond acceptors (Lipinski definition) is 5. The van der Waals surface area contributed by atoms with Gasteiger partial charge in [0, 0.05) is 24.2 Å². The number of rotatable bonds is 5. The van der Waals surface area contributed by atoms with Gasteiger partial charge < -0.3 is 24.8 Å². The lowest BCUT2D eigenvalue weighted by Crippen LogP contribution is -2.53. The van der Waals surface area contributed by atoms with Gasteiger partial charge in [-0.05, 0) is 63.3 Å². The van der Waals surface area contributed by atoms with Gasteiger partial charge in [0.1, 0.15) is 12.4 Å². The van der Waals surface area contributed by atoms with E-state index in [2.05, 4.69) is 10.3 Å². The van der Waals surface area contributed by atoms with E-state index >= 15 is 0 Å². The van der Waals surface area contributed by atoms with Crippen molar-refractivity contribution >= 4 is 11.0 Å². The Morgan fingerprint density at radius 3 is 2.38 bits per heavy atom. The van der Waals surface area contributed by atoms with Gasteiger partial charge in [0.05, 0.1) is 39.7 Å². The number of imidazole rings is 1. The van der Waals surface area contributed by atoms with Gasteiger partial charge >= 0.3 is 12.4 Å². The van der Waals surface area contributed by atoms with Crippen LogP contribution in [-0.2, 0) is 18.0 Å². The van der Waals surface area contributed by atoms with E-state index in [1.165, 1.54) is 29.1 Å². The Morgan fingerprint density at radius 1 is 1.03 bits per heavy atom. The quantitative estimate of drug-likeness (QED) is 0.358. The molecule has 1 aliphatic carbocycles. The smallest absolute Gasteiger partial charge is 0.418 e. The van der Waals surface area contributed by atoms with Crippen LogP contribution in [0.15, 0.2) is 42.7 Å². The fourth-order valence-electron chi connectivity index (χ4n) is 5.92. The van der Waals surface area contributed by atoms with E-state index in [0.717, 1.165) is 18.2 Å². The predicted octanol–water partition coefficient (Wildman–Crippen LogP) is 5.57. The van der Waals surface area contributed by atoms with Gasteiger partial charge in [-0.2, -0.15) is 26.3 Å². The van der Waals surface area contributed by atoms with Crippen LogP contribution in [0.5, 0.6) is 5.75 Å². The Balaban J connectivity index is 1.37. The molecule has 2 aromatic carbocycles. The number of ether oxygens (including phenoxy) is 1. The van der Waals surface area contributed by atoms with Gasteiger partial charge in [-0.15, -0.1) is 0 Å². The fourth-order valence-corrected chi connectivity index (χ4v) is 5.92. The van der Waals surface area contributed by atoms with Crippen LogP contribution in [0, 0.1) is 0 Å². The van der Waals surface area contributed by atoms with E-state index in [-0.39, 0.29) is 53.9 Å². The summed E-state index contributed by atoms with van der Waals surface area (Å²) in [6.07, 6.45) is -7.13. The normalized spacial score (nSPS) is 29.8. The van der Waals surface area contributed by atoms with Gasteiger partial charge in [-0.1, -0.05) is 12.1 Å². The first-order valence-corrected chi connectivity index (χ1v) is 12.6. The predicted molar refractivity (Wildman–Crippen MR) is 130 cm³/mol. The van der Waals surface area contributed by atoms with Crippen LogP contribution in [0.25, 0.3) is 11.0 Å². The fraction of sp³-hybridized carbons (Fsp3) is 0.519. The van der Waals surface area contributed by atoms with Crippen molar-refractivity contribution in [1.82, 2.24) is 14.9 Å². The number of hydrogen-bond donors (Lipinski definition) is 3. The molecule has 2 fully saturated rings. The summed E-state index contributed by atoms with van der Waals surface area (Å²) in [7, 11) is 0. The number of nitrogens with zero attached hydrogens (tertiary/aromatic N) is 2. The van der Waals surface area contributed by atoms with Crippen LogP contribution in [0.4, 0.5) is 26.3 Å². The van der Waals surface area contributed by atoms with Crippen LogP contribution >= 0.6 is 0 Å². The van der Waals surface area contributed by atoms with Crippen molar-refractivity contribution < 1.29 is 41.3 Å². The highest BCUT2D eigenvalue weighted by Gasteiger charge is 2.43. The number of fused-ring (bicyclic) bond motifs is 1. The molecule has 1 saturated carbocycles. The molecule has 0 bridgehead atoms. The lowest BCUT2D eigenvalue weighted by Gasteiger charge is -2.42. The minimum Gasteiger partial charge on any atom is -0.492 e. The first-order valence-electron chi connectivity index (χ1n) is 12.6. The second-order valence-electron chi connectivity index (χ2n) is 11.1. The van der Waals surface area contributed by atoms with Crippen molar-refractivity contribution in [3.8, 4) is 5.75 Å². The molecule has 0 amide bonds. The van der Waals surface area contributed by atoms with Crippen LogP contribution in [0.1, 0.15) is 62.3 Å². The molecule has 5 rings (SSSR count). The van der Waals surface area contributed by atoms with E-state index in [0.29, 0.717) is 12.8 Å². The van der Waals surface area contributed by atoms with Crippen LogP contribution in [-0.4, -0.2) is 44.1 Å². The van der Waals surface area contributed by atoms with Crippen molar-refractivity contribution in [3.05, 3.63) is 59.4 Å². The minimum absolute atomic E-state index is 0.00323. The zero-order valence-electron chi connectivity index (χ0n) is 21.3. The summed E-state index contributed by atoms with van der Waals surface area (Å²) in [5, 5.41) is 24.6. The maximum atomic E-state index is 14.1. The van der Waals surface area contributed by atoms with Crippen molar-refractivity contribution in [3.63, 3.8) is 0 Å². The van der Waals surface area contributed by atoms with Crippen LogP contribution in [0.3, 0.4) is 0 Å². The zero-order chi connectivity index (χ0) is 28.4. The number of nitrogens with one attached hydrogen (secondary N) is 1. The molecule has 1 aliphatic heterocycles. The molecule has 3 atom stereocenters. The molecule has 3 N–H and O–H groups in total. The molecular weight excluding hydrogens is 528 g/mol. The summed E-state index contributed by atoms with van der Waals surface area (Å²) in [6.45, 7) is 3.27. The second kappa shape index (κ2) is 9.38. The van der Waals surface area contributed by atoms with Gasteiger partial charge in [0.15, 0.2) is 0 Å². The third-order valence-corrected chi connectivity index (χ3v) is 7.62. The lowest BCUT2D eigenvalue weighted by molar-refractivity contribution is -0.138. The zero-order valence-corrected chi connectivity index (χ0v) is 21.3. The van der Waals surface area contributed by atoms with Crippen molar-refractivity contribution in [1.29, 1.82) is 0 Å². The van der Waals surface area contributed by atoms with Gasteiger partial charge in [0.2, 0.25) is 0 Å². The summed E-state index contributed by atoms with van der Waals surface area (Å²) >= 11 is 0. The summed E-state index contributed by atoms with van der Waals surface area (Å²) in [6, 6.07) is 5.70. The number of halogens is 6. The molecule has 6 nitrogen and oxygen atoms in total. The Labute approximate surface area is 220 Å². The Bertz CT molecular complexity index is 1360. The molecule has 0 spiro atoms. The molecule has 39 heavy (non-hydrogen) atoms. The largest absolute Gasteiger partial charge is 0.492 e. The second-order valence-corrected chi connectivity index (χ2v) is 11.1. The van der Waals surface area contributed by atoms with Gasteiger partial charge in [-0.25, -0.2) is 4.98 Å². The molecule has 0 radical (unpaired) electrons. The summed E-state index contributed by atoms with van der Waals surface area (Å²) in [5.74, 6) is -0.0664. The molecule has 0 unspecified atom stereocenters. The first-order chi connectivity index (χ1) is 18.0. The SMILES string of the molecule is C[C@H]1C[C@@](O)(c2cccc(C(F)(F)F)c2)C[C@@H](COc2cc(C(F)(F)F)c3c(c2)ncn3C2CC(C)(O)C2)N1. The van der Waals surface area contributed by atoms with E-state index < -0.39 is 40.7 Å². The number of piperidine rings is 1. The first kappa shape index (κ1) is 27.7. The van der Waals surface area contributed by atoms with Crippen molar-refractivity contribution in [2.24, 2.45) is 0 Å². The molecule has 2 heterocycles. The van der Waals surface area contributed by atoms with Gasteiger partial charge in [-0.3, -0.25) is 0 Å². The number of alkyl halides is 6. The molecule has 2 aliphatic rings. The molecule has 3 aromatic rings. The minimum atomic E-state index is -4.69. The summed E-state index contributed by atoms with van der Waals surface area (Å²) in [5.41, 5.74) is -4.16. The van der Waals surface area contributed by atoms with Gasteiger partial charge in [0.25, 0.3) is 0 Å². The van der Waals surface area contributed by atoms with Crippen molar-refractivity contribution in [2.75, 3.05) is 6.61 Å². The molecule has 212 valence electrons. The van der Waals surface area contributed by atoms with E-state index in [9.17, 15) is 36.6 Å². The highest BCUT2D eigenvalue weighted by atomic mass is 19.4. The summed E-state index contributed by atoms with van der Waals surface area (Å²) in [4.78, 5) is 4.16. The third kappa shape index (κ3) is 5.59. The molecule has 1 aromatic heterocycles. The maximum Gasteiger partial charge on any atom is 0.418 e. The average Bonchev–Trinajstić information content (AvgIpc) is 3.22. The average molecular weight is 558 g/mol. The van der Waals surface area contributed by atoms with E-state index in [4.69, 9.17) is 4.74 Å².